The summed E-state index contributed by atoms with van der Waals surface area (Å²) >= 11 is 3.69. The Balaban J connectivity index is 2.22. The molecule has 2 nitrogen and oxygen atoms in total. The average Bonchev–Trinajstić information content (AvgIpc) is 2.71. The van der Waals surface area contributed by atoms with Crippen molar-refractivity contribution in [1.29, 1.82) is 0 Å². The molecule has 1 aliphatic heterocycles. The van der Waals surface area contributed by atoms with Crippen LogP contribution in [-0.2, 0) is 5.41 Å². The summed E-state index contributed by atoms with van der Waals surface area (Å²) in [5, 5.41) is 0. The molecule has 1 aliphatic rings. The predicted molar refractivity (Wildman–Crippen MR) is 81.0 cm³/mol. The molecule has 100 valence electrons. The Hall–Kier alpha value is -0.480. The lowest BCUT2D eigenvalue weighted by Crippen LogP contribution is -2.38. The van der Waals surface area contributed by atoms with Gasteiger partial charge >= 0.3 is 0 Å². The van der Waals surface area contributed by atoms with Crippen molar-refractivity contribution in [3.63, 3.8) is 0 Å². The SMILES string of the molecule is Cc1sc(C(C)(C)C)cc1C(=O)N1CCSCC1. The number of thiophene rings is 1. The highest BCUT2D eigenvalue weighted by molar-refractivity contribution is 7.99. The minimum absolute atomic E-state index is 0.131. The first-order chi connectivity index (χ1) is 8.39. The van der Waals surface area contributed by atoms with Gasteiger partial charge in [0.05, 0.1) is 5.56 Å². The molecule has 0 bridgehead atoms. The molecule has 4 heteroatoms. The van der Waals surface area contributed by atoms with Crippen molar-refractivity contribution >= 4 is 29.0 Å². The maximum atomic E-state index is 12.5. The topological polar surface area (TPSA) is 20.3 Å². The third-order valence-corrected chi connectivity index (χ3v) is 5.60. The van der Waals surface area contributed by atoms with E-state index in [1.165, 1.54) is 4.88 Å². The highest BCUT2D eigenvalue weighted by Crippen LogP contribution is 2.32. The Morgan fingerprint density at radius 3 is 2.39 bits per heavy atom. The van der Waals surface area contributed by atoms with Crippen LogP contribution >= 0.6 is 23.1 Å². The highest BCUT2D eigenvalue weighted by atomic mass is 32.2. The second-order valence-electron chi connectivity index (χ2n) is 5.74. The van der Waals surface area contributed by atoms with E-state index >= 15 is 0 Å². The van der Waals surface area contributed by atoms with Gasteiger partial charge in [-0.25, -0.2) is 0 Å². The van der Waals surface area contributed by atoms with Crippen molar-refractivity contribution in [2.24, 2.45) is 0 Å². The lowest BCUT2D eigenvalue weighted by atomic mass is 9.94. The van der Waals surface area contributed by atoms with E-state index in [2.05, 4.69) is 33.8 Å². The Labute approximate surface area is 118 Å². The molecular formula is C14H21NOS2. The molecule has 1 saturated heterocycles. The van der Waals surface area contributed by atoms with E-state index in [1.807, 2.05) is 16.7 Å². The molecular weight excluding hydrogens is 262 g/mol. The molecule has 0 aliphatic carbocycles. The van der Waals surface area contributed by atoms with E-state index in [1.54, 1.807) is 11.3 Å². The van der Waals surface area contributed by atoms with E-state index in [9.17, 15) is 4.79 Å². The van der Waals surface area contributed by atoms with Gasteiger partial charge in [0.2, 0.25) is 0 Å². The Morgan fingerprint density at radius 2 is 1.89 bits per heavy atom. The van der Waals surface area contributed by atoms with E-state index in [-0.39, 0.29) is 11.3 Å². The molecule has 1 aromatic rings. The number of hydrogen-bond donors (Lipinski definition) is 0. The van der Waals surface area contributed by atoms with Crippen molar-refractivity contribution in [2.45, 2.75) is 33.1 Å². The second-order valence-corrected chi connectivity index (χ2v) is 8.22. The normalized spacial score (nSPS) is 17.0. The lowest BCUT2D eigenvalue weighted by Gasteiger charge is -2.26. The van der Waals surface area contributed by atoms with Gasteiger partial charge in [-0.1, -0.05) is 20.8 Å². The molecule has 0 aromatic carbocycles. The van der Waals surface area contributed by atoms with Crippen LogP contribution in [0.1, 0.15) is 40.9 Å². The Kier molecular flexibility index (Phi) is 4.07. The molecule has 0 N–H and O–H groups in total. The summed E-state index contributed by atoms with van der Waals surface area (Å²) in [5.74, 6) is 2.36. The first kappa shape index (κ1) is 13.9. The summed E-state index contributed by atoms with van der Waals surface area (Å²) in [5.41, 5.74) is 1.04. The minimum Gasteiger partial charge on any atom is -0.337 e. The minimum atomic E-state index is 0.131. The zero-order valence-corrected chi connectivity index (χ0v) is 13.2. The number of rotatable bonds is 1. The fourth-order valence-electron chi connectivity index (χ4n) is 2.00. The number of carbonyl (C=O) groups is 1. The van der Waals surface area contributed by atoms with Gasteiger partial charge in [-0.2, -0.15) is 11.8 Å². The van der Waals surface area contributed by atoms with E-state index in [4.69, 9.17) is 0 Å². The zero-order chi connectivity index (χ0) is 13.3. The maximum absolute atomic E-state index is 12.5. The zero-order valence-electron chi connectivity index (χ0n) is 11.6. The summed E-state index contributed by atoms with van der Waals surface area (Å²) in [7, 11) is 0. The maximum Gasteiger partial charge on any atom is 0.255 e. The molecule has 0 spiro atoms. The largest absolute Gasteiger partial charge is 0.337 e. The van der Waals surface area contributed by atoms with Crippen LogP contribution in [0.2, 0.25) is 0 Å². The Bertz CT molecular complexity index is 439. The first-order valence-corrected chi connectivity index (χ1v) is 8.34. The van der Waals surface area contributed by atoms with Crippen LogP contribution in [0.5, 0.6) is 0 Å². The van der Waals surface area contributed by atoms with Gasteiger partial charge in [-0.3, -0.25) is 4.79 Å². The monoisotopic (exact) mass is 283 g/mol. The number of aryl methyl sites for hydroxylation is 1. The Morgan fingerprint density at radius 1 is 1.28 bits per heavy atom. The third-order valence-electron chi connectivity index (χ3n) is 3.19. The summed E-state index contributed by atoms with van der Waals surface area (Å²) in [6, 6.07) is 2.10. The van der Waals surface area contributed by atoms with Crippen LogP contribution in [0.25, 0.3) is 0 Å². The van der Waals surface area contributed by atoms with Gasteiger partial charge in [0.1, 0.15) is 0 Å². The van der Waals surface area contributed by atoms with Gasteiger partial charge in [0.15, 0.2) is 0 Å². The molecule has 1 fully saturated rings. The number of nitrogens with zero attached hydrogens (tertiary/aromatic N) is 1. The van der Waals surface area contributed by atoms with Crippen molar-refractivity contribution in [2.75, 3.05) is 24.6 Å². The van der Waals surface area contributed by atoms with E-state index in [0.717, 1.165) is 35.0 Å². The van der Waals surface area contributed by atoms with Crippen LogP contribution in [0.4, 0.5) is 0 Å². The molecule has 1 aromatic heterocycles. The first-order valence-electron chi connectivity index (χ1n) is 6.37. The van der Waals surface area contributed by atoms with E-state index < -0.39 is 0 Å². The third kappa shape index (κ3) is 2.91. The summed E-state index contributed by atoms with van der Waals surface area (Å²) in [4.78, 5) is 16.9. The van der Waals surface area contributed by atoms with Crippen molar-refractivity contribution < 1.29 is 4.79 Å². The lowest BCUT2D eigenvalue weighted by molar-refractivity contribution is 0.0772. The van der Waals surface area contributed by atoms with Crippen LogP contribution in [-0.4, -0.2) is 35.4 Å². The van der Waals surface area contributed by atoms with Gasteiger partial charge in [0, 0.05) is 34.3 Å². The molecule has 0 unspecified atom stereocenters. The molecule has 2 rings (SSSR count). The van der Waals surface area contributed by atoms with Gasteiger partial charge < -0.3 is 4.90 Å². The quantitative estimate of drug-likeness (QED) is 0.785. The van der Waals surface area contributed by atoms with Gasteiger partial charge in [-0.05, 0) is 18.4 Å². The standard InChI is InChI=1S/C14H21NOS2/c1-10-11(9-12(18-10)14(2,3)4)13(16)15-5-7-17-8-6-15/h9H,5-8H2,1-4H3. The summed E-state index contributed by atoms with van der Waals surface area (Å²) in [6.07, 6.45) is 0. The van der Waals surface area contributed by atoms with E-state index in [0.29, 0.717) is 0 Å². The average molecular weight is 283 g/mol. The van der Waals surface area contributed by atoms with Crippen molar-refractivity contribution in [3.8, 4) is 0 Å². The van der Waals surface area contributed by atoms with Crippen molar-refractivity contribution in [1.82, 2.24) is 4.90 Å². The smallest absolute Gasteiger partial charge is 0.255 e. The summed E-state index contributed by atoms with van der Waals surface area (Å²) in [6.45, 7) is 10.4. The number of amides is 1. The molecule has 2 heterocycles. The fraction of sp³-hybridized carbons (Fsp3) is 0.643. The molecule has 1 amide bonds. The highest BCUT2D eigenvalue weighted by Gasteiger charge is 2.24. The summed E-state index contributed by atoms with van der Waals surface area (Å²) < 4.78 is 0. The fourth-order valence-corrected chi connectivity index (χ4v) is 3.97. The van der Waals surface area contributed by atoms with Gasteiger partial charge in [-0.15, -0.1) is 11.3 Å². The van der Waals surface area contributed by atoms with Crippen LogP contribution in [0.15, 0.2) is 6.07 Å². The molecule has 18 heavy (non-hydrogen) atoms. The number of thioether (sulfide) groups is 1. The predicted octanol–water partition coefficient (Wildman–Crippen LogP) is 3.54. The second kappa shape index (κ2) is 5.25. The number of hydrogen-bond acceptors (Lipinski definition) is 3. The van der Waals surface area contributed by atoms with Crippen LogP contribution in [0, 0.1) is 6.92 Å². The van der Waals surface area contributed by atoms with Crippen LogP contribution < -0.4 is 0 Å². The molecule has 0 atom stereocenters. The van der Waals surface area contributed by atoms with Crippen molar-refractivity contribution in [3.05, 3.63) is 21.4 Å². The molecule has 0 radical (unpaired) electrons. The molecule has 0 saturated carbocycles. The van der Waals surface area contributed by atoms with Crippen LogP contribution in [0.3, 0.4) is 0 Å². The number of carbonyl (C=O) groups excluding carboxylic acids is 1. The van der Waals surface area contributed by atoms with Gasteiger partial charge in [0.25, 0.3) is 5.91 Å².